The van der Waals surface area contributed by atoms with E-state index in [2.05, 4.69) is 0 Å². The molecule has 128 valence electrons. The van der Waals surface area contributed by atoms with Crippen molar-refractivity contribution < 1.29 is 14.0 Å². The lowest BCUT2D eigenvalue weighted by Gasteiger charge is -2.53. The van der Waals surface area contributed by atoms with Crippen LogP contribution in [-0.2, 0) is 0 Å². The molecule has 2 saturated heterocycles. The maximum Gasteiger partial charge on any atom is 0.254 e. The minimum absolute atomic E-state index is 0.0518. The van der Waals surface area contributed by atoms with Crippen LogP contribution in [0.3, 0.4) is 0 Å². The second kappa shape index (κ2) is 6.31. The van der Waals surface area contributed by atoms with Gasteiger partial charge in [0.25, 0.3) is 11.8 Å². The zero-order valence-electron chi connectivity index (χ0n) is 13.8. The summed E-state index contributed by atoms with van der Waals surface area (Å²) in [6.45, 7) is 1.99. The van der Waals surface area contributed by atoms with E-state index in [0.717, 1.165) is 6.42 Å². The van der Waals surface area contributed by atoms with Crippen LogP contribution >= 0.6 is 0 Å². The Morgan fingerprint density at radius 3 is 2.24 bits per heavy atom. The number of fused-ring (bicyclic) bond motifs is 1. The van der Waals surface area contributed by atoms with Crippen molar-refractivity contribution in [2.24, 2.45) is 5.92 Å². The highest BCUT2D eigenvalue weighted by Gasteiger charge is 2.45. The van der Waals surface area contributed by atoms with Crippen molar-refractivity contribution in [3.05, 3.63) is 71.5 Å². The first-order chi connectivity index (χ1) is 12.1. The molecule has 0 aromatic heterocycles. The molecule has 2 heterocycles. The van der Waals surface area contributed by atoms with Gasteiger partial charge >= 0.3 is 0 Å². The molecule has 0 unspecified atom stereocenters. The van der Waals surface area contributed by atoms with E-state index in [1.807, 2.05) is 40.1 Å². The first-order valence-electron chi connectivity index (χ1n) is 8.54. The van der Waals surface area contributed by atoms with Crippen LogP contribution in [0, 0.1) is 11.7 Å². The largest absolute Gasteiger partial charge is 0.338 e. The second-order valence-electron chi connectivity index (χ2n) is 6.70. The molecule has 5 heteroatoms. The van der Waals surface area contributed by atoms with Gasteiger partial charge < -0.3 is 9.80 Å². The Kier molecular flexibility index (Phi) is 3.99. The SMILES string of the molecule is O=C(c1ccccc1)N1CC[C@@H]2[C@H](C1)CN2C(=O)c1ccc(F)cc1. The summed E-state index contributed by atoms with van der Waals surface area (Å²) in [5.41, 5.74) is 1.22. The second-order valence-corrected chi connectivity index (χ2v) is 6.70. The van der Waals surface area contributed by atoms with Crippen molar-refractivity contribution in [3.8, 4) is 0 Å². The van der Waals surface area contributed by atoms with Crippen LogP contribution < -0.4 is 0 Å². The van der Waals surface area contributed by atoms with Gasteiger partial charge in [0.2, 0.25) is 0 Å². The number of hydrogen-bond acceptors (Lipinski definition) is 2. The van der Waals surface area contributed by atoms with Gasteiger partial charge in [0.1, 0.15) is 5.82 Å². The number of hydrogen-bond donors (Lipinski definition) is 0. The predicted octanol–water partition coefficient (Wildman–Crippen LogP) is 2.81. The molecule has 2 aliphatic heterocycles. The third-order valence-corrected chi connectivity index (χ3v) is 5.19. The Morgan fingerprint density at radius 1 is 0.880 bits per heavy atom. The number of carbonyl (C=O) groups is 2. The van der Waals surface area contributed by atoms with Crippen molar-refractivity contribution in [2.75, 3.05) is 19.6 Å². The van der Waals surface area contributed by atoms with E-state index < -0.39 is 0 Å². The summed E-state index contributed by atoms with van der Waals surface area (Å²) in [4.78, 5) is 28.8. The Morgan fingerprint density at radius 2 is 1.56 bits per heavy atom. The molecule has 0 spiro atoms. The molecule has 2 atom stereocenters. The molecule has 0 aliphatic carbocycles. The highest BCUT2D eigenvalue weighted by Crippen LogP contribution is 2.34. The Balaban J connectivity index is 1.39. The van der Waals surface area contributed by atoms with Crippen molar-refractivity contribution in [1.82, 2.24) is 9.80 Å². The van der Waals surface area contributed by atoms with Crippen LogP contribution in [0.25, 0.3) is 0 Å². The summed E-state index contributed by atoms with van der Waals surface area (Å²) in [6.07, 6.45) is 0.788. The average Bonchev–Trinajstić information content (AvgIpc) is 2.63. The van der Waals surface area contributed by atoms with Crippen molar-refractivity contribution in [1.29, 1.82) is 0 Å². The average molecular weight is 338 g/mol. The number of halogens is 1. The highest BCUT2D eigenvalue weighted by molar-refractivity contribution is 5.96. The summed E-state index contributed by atoms with van der Waals surface area (Å²) >= 11 is 0. The minimum atomic E-state index is -0.342. The van der Waals surface area contributed by atoms with Crippen molar-refractivity contribution >= 4 is 11.8 Å². The van der Waals surface area contributed by atoms with Gasteiger partial charge in [0, 0.05) is 42.7 Å². The van der Waals surface area contributed by atoms with Gasteiger partial charge in [0.05, 0.1) is 0 Å². The van der Waals surface area contributed by atoms with Gasteiger partial charge in [-0.05, 0) is 42.8 Å². The number of carbonyl (C=O) groups excluding carboxylic acids is 2. The van der Waals surface area contributed by atoms with Crippen LogP contribution in [0.15, 0.2) is 54.6 Å². The Labute approximate surface area is 145 Å². The molecular weight excluding hydrogens is 319 g/mol. The summed E-state index contributed by atoms with van der Waals surface area (Å²) in [5, 5.41) is 0. The smallest absolute Gasteiger partial charge is 0.254 e. The van der Waals surface area contributed by atoms with Gasteiger partial charge in [-0.3, -0.25) is 9.59 Å². The lowest BCUT2D eigenvalue weighted by atomic mass is 9.82. The fraction of sp³-hybridized carbons (Fsp3) is 0.300. The predicted molar refractivity (Wildman–Crippen MR) is 91.7 cm³/mol. The first kappa shape index (κ1) is 15.8. The number of piperidine rings is 1. The van der Waals surface area contributed by atoms with Crippen LogP contribution in [0.2, 0.25) is 0 Å². The zero-order valence-corrected chi connectivity index (χ0v) is 13.8. The zero-order chi connectivity index (χ0) is 17.4. The van der Waals surface area contributed by atoms with Crippen LogP contribution in [0.1, 0.15) is 27.1 Å². The molecule has 2 fully saturated rings. The van der Waals surface area contributed by atoms with E-state index in [1.54, 1.807) is 0 Å². The molecule has 0 radical (unpaired) electrons. The van der Waals surface area contributed by atoms with Crippen LogP contribution in [-0.4, -0.2) is 47.3 Å². The Hall–Kier alpha value is -2.69. The van der Waals surface area contributed by atoms with E-state index in [1.165, 1.54) is 24.3 Å². The van der Waals surface area contributed by atoms with Crippen LogP contribution in [0.4, 0.5) is 4.39 Å². The first-order valence-corrected chi connectivity index (χ1v) is 8.54. The van der Waals surface area contributed by atoms with E-state index in [4.69, 9.17) is 0 Å². The van der Waals surface area contributed by atoms with E-state index >= 15 is 0 Å². The van der Waals surface area contributed by atoms with Gasteiger partial charge in [0.15, 0.2) is 0 Å². The number of amides is 2. The van der Waals surface area contributed by atoms with Gasteiger partial charge in [-0.1, -0.05) is 18.2 Å². The minimum Gasteiger partial charge on any atom is -0.338 e. The molecule has 2 amide bonds. The molecule has 4 nitrogen and oxygen atoms in total. The molecule has 2 aliphatic rings. The van der Waals surface area contributed by atoms with E-state index in [9.17, 15) is 14.0 Å². The quantitative estimate of drug-likeness (QED) is 0.845. The summed E-state index contributed by atoms with van der Waals surface area (Å²) in [5.74, 6) is -0.0111. The topological polar surface area (TPSA) is 40.6 Å². The molecule has 4 rings (SSSR count). The molecule has 2 aromatic carbocycles. The fourth-order valence-electron chi connectivity index (χ4n) is 3.80. The molecule has 2 aromatic rings. The molecule has 25 heavy (non-hydrogen) atoms. The third-order valence-electron chi connectivity index (χ3n) is 5.19. The number of rotatable bonds is 2. The monoisotopic (exact) mass is 338 g/mol. The van der Waals surface area contributed by atoms with Crippen LogP contribution in [0.5, 0.6) is 0 Å². The lowest BCUT2D eigenvalue weighted by Crippen LogP contribution is -2.65. The number of benzene rings is 2. The molecular formula is C20H19FN2O2. The van der Waals surface area contributed by atoms with Crippen molar-refractivity contribution in [3.63, 3.8) is 0 Å². The van der Waals surface area contributed by atoms with Gasteiger partial charge in [-0.15, -0.1) is 0 Å². The third kappa shape index (κ3) is 2.90. The Bertz CT molecular complexity index is 791. The summed E-state index contributed by atoms with van der Waals surface area (Å²) in [7, 11) is 0. The number of nitrogens with zero attached hydrogens (tertiary/aromatic N) is 2. The van der Waals surface area contributed by atoms with Crippen molar-refractivity contribution in [2.45, 2.75) is 12.5 Å². The summed E-state index contributed by atoms with van der Waals surface area (Å²) < 4.78 is 13.0. The summed E-state index contributed by atoms with van der Waals surface area (Å²) in [6, 6.07) is 15.2. The lowest BCUT2D eigenvalue weighted by molar-refractivity contribution is -0.0226. The molecule has 0 bridgehead atoms. The van der Waals surface area contributed by atoms with Gasteiger partial charge in [-0.25, -0.2) is 4.39 Å². The van der Waals surface area contributed by atoms with E-state index in [0.29, 0.717) is 36.7 Å². The standard InChI is InChI=1S/C20H19FN2O2/c21-17-8-6-15(7-9-17)20(25)23-13-16-12-22(11-10-18(16)23)19(24)14-4-2-1-3-5-14/h1-9,16,18H,10-13H2/t16-,18-/m1/s1. The number of likely N-dealkylation sites (tertiary alicyclic amines) is 2. The molecule has 0 saturated carbocycles. The highest BCUT2D eigenvalue weighted by atomic mass is 19.1. The fourth-order valence-corrected chi connectivity index (χ4v) is 3.80. The maximum absolute atomic E-state index is 13.0. The molecule has 0 N–H and O–H groups in total. The maximum atomic E-state index is 13.0. The normalized spacial score (nSPS) is 22.1. The van der Waals surface area contributed by atoms with E-state index in [-0.39, 0.29) is 23.7 Å². The van der Waals surface area contributed by atoms with Gasteiger partial charge in [-0.2, -0.15) is 0 Å².